The molecule has 0 saturated carbocycles. The molecule has 5 nitrogen and oxygen atoms in total. The fourth-order valence-electron chi connectivity index (χ4n) is 3.71. The van der Waals surface area contributed by atoms with Crippen LogP contribution in [0.1, 0.15) is 24.0 Å². The lowest BCUT2D eigenvalue weighted by Gasteiger charge is -2.28. The summed E-state index contributed by atoms with van der Waals surface area (Å²) in [5.74, 6) is 1.61. The summed E-state index contributed by atoms with van der Waals surface area (Å²) in [5, 5.41) is 11.8. The minimum atomic E-state index is -0.396. The zero-order valence-corrected chi connectivity index (χ0v) is 17.6. The van der Waals surface area contributed by atoms with E-state index in [9.17, 15) is 5.26 Å². The van der Waals surface area contributed by atoms with E-state index in [2.05, 4.69) is 22.0 Å². The van der Waals surface area contributed by atoms with Crippen LogP contribution in [0.3, 0.4) is 0 Å². The van der Waals surface area contributed by atoms with Crippen LogP contribution in [-0.4, -0.2) is 13.7 Å². The summed E-state index contributed by atoms with van der Waals surface area (Å²) in [5.41, 5.74) is 8.27. The number of benzene rings is 3. The highest BCUT2D eigenvalue weighted by atomic mass is 79.9. The highest BCUT2D eigenvalue weighted by Gasteiger charge is 2.33. The van der Waals surface area contributed by atoms with Crippen LogP contribution in [0, 0.1) is 11.3 Å². The van der Waals surface area contributed by atoms with E-state index in [0.717, 1.165) is 26.4 Å². The fraction of sp³-hybridized carbons (Fsp3) is 0.174. The van der Waals surface area contributed by atoms with Crippen molar-refractivity contribution in [2.24, 2.45) is 5.73 Å². The van der Waals surface area contributed by atoms with E-state index in [1.165, 1.54) is 0 Å². The van der Waals surface area contributed by atoms with Crippen LogP contribution in [0.25, 0.3) is 10.8 Å². The van der Waals surface area contributed by atoms with Crippen LogP contribution < -0.4 is 19.9 Å². The van der Waals surface area contributed by atoms with Gasteiger partial charge in [-0.15, -0.1) is 0 Å². The number of nitrogens with two attached hydrogens (primary N) is 1. The third-order valence-corrected chi connectivity index (χ3v) is 5.69. The Bertz CT molecular complexity index is 1180. The zero-order chi connectivity index (χ0) is 20.5. The molecule has 0 bridgehead atoms. The van der Waals surface area contributed by atoms with Crippen molar-refractivity contribution in [3.05, 3.63) is 75.6 Å². The number of hydrogen-bond acceptors (Lipinski definition) is 5. The molecule has 2 N–H and O–H groups in total. The molecule has 1 heterocycles. The summed E-state index contributed by atoms with van der Waals surface area (Å²) >= 11 is 3.65. The maximum absolute atomic E-state index is 9.85. The molecule has 29 heavy (non-hydrogen) atoms. The van der Waals surface area contributed by atoms with Gasteiger partial charge in [-0.05, 0) is 30.0 Å². The smallest absolute Gasteiger partial charge is 0.205 e. The monoisotopic (exact) mass is 450 g/mol. The van der Waals surface area contributed by atoms with E-state index < -0.39 is 5.92 Å². The molecule has 0 aliphatic carbocycles. The fourth-order valence-corrected chi connectivity index (χ4v) is 4.26. The first-order valence-corrected chi connectivity index (χ1v) is 9.97. The SMILES string of the molecule is CCOc1cc(Br)c([C@@H]2C(C#N)=C(N)Oc3c2ccc2ccccc32)cc1OC. The lowest BCUT2D eigenvalue weighted by atomic mass is 9.82. The van der Waals surface area contributed by atoms with Crippen LogP contribution in [0.5, 0.6) is 17.2 Å². The van der Waals surface area contributed by atoms with Crippen molar-refractivity contribution in [3.63, 3.8) is 0 Å². The molecule has 1 aliphatic rings. The molecule has 0 amide bonds. The number of halogens is 1. The van der Waals surface area contributed by atoms with Gasteiger partial charge in [-0.2, -0.15) is 5.26 Å². The molecule has 0 radical (unpaired) electrons. The third-order valence-electron chi connectivity index (χ3n) is 5.00. The van der Waals surface area contributed by atoms with Gasteiger partial charge in [0, 0.05) is 15.4 Å². The number of allylic oxidation sites excluding steroid dienone is 1. The molecular formula is C23H19BrN2O3. The number of rotatable bonds is 4. The van der Waals surface area contributed by atoms with Crippen LogP contribution in [0.15, 0.2) is 64.5 Å². The molecule has 0 unspecified atom stereocenters. The Labute approximate surface area is 177 Å². The average Bonchev–Trinajstić information content (AvgIpc) is 2.73. The molecule has 0 saturated heterocycles. The third kappa shape index (κ3) is 3.18. The number of methoxy groups -OCH3 is 1. The van der Waals surface area contributed by atoms with Gasteiger partial charge in [-0.3, -0.25) is 0 Å². The van der Waals surface area contributed by atoms with Gasteiger partial charge in [0.1, 0.15) is 17.4 Å². The van der Waals surface area contributed by atoms with Crippen molar-refractivity contribution in [3.8, 4) is 23.3 Å². The van der Waals surface area contributed by atoms with Crippen LogP contribution in [0.2, 0.25) is 0 Å². The lowest BCUT2D eigenvalue weighted by molar-refractivity contribution is 0.310. The minimum Gasteiger partial charge on any atom is -0.493 e. The number of ether oxygens (including phenoxy) is 3. The maximum Gasteiger partial charge on any atom is 0.205 e. The van der Waals surface area contributed by atoms with Crippen LogP contribution >= 0.6 is 15.9 Å². The van der Waals surface area contributed by atoms with Gasteiger partial charge >= 0.3 is 0 Å². The normalized spacial score (nSPS) is 15.4. The highest BCUT2D eigenvalue weighted by molar-refractivity contribution is 9.10. The number of nitriles is 1. The maximum atomic E-state index is 9.85. The van der Waals surface area contributed by atoms with Gasteiger partial charge in [-0.25, -0.2) is 0 Å². The van der Waals surface area contributed by atoms with Gasteiger partial charge < -0.3 is 19.9 Å². The second-order valence-corrected chi connectivity index (χ2v) is 7.44. The first-order valence-electron chi connectivity index (χ1n) is 9.18. The van der Waals surface area contributed by atoms with Crippen molar-refractivity contribution >= 4 is 26.7 Å². The molecule has 0 fully saturated rings. The molecule has 6 heteroatoms. The quantitative estimate of drug-likeness (QED) is 0.588. The number of fused-ring (bicyclic) bond motifs is 3. The van der Waals surface area contributed by atoms with E-state index in [0.29, 0.717) is 29.4 Å². The zero-order valence-electron chi connectivity index (χ0n) is 16.0. The molecule has 146 valence electrons. The van der Waals surface area contributed by atoms with E-state index in [-0.39, 0.29) is 5.88 Å². The summed E-state index contributed by atoms with van der Waals surface area (Å²) in [4.78, 5) is 0. The Kier molecular flexibility index (Phi) is 5.08. The number of nitrogens with zero attached hydrogens (tertiary/aromatic N) is 1. The second kappa shape index (κ2) is 7.69. The summed E-state index contributed by atoms with van der Waals surface area (Å²) in [6.07, 6.45) is 0. The molecule has 3 aromatic carbocycles. The summed E-state index contributed by atoms with van der Waals surface area (Å²) in [7, 11) is 1.59. The topological polar surface area (TPSA) is 77.5 Å². The van der Waals surface area contributed by atoms with Crippen molar-refractivity contribution in [1.29, 1.82) is 5.26 Å². The van der Waals surface area contributed by atoms with Crippen LogP contribution in [0.4, 0.5) is 0 Å². The molecule has 1 atom stereocenters. The Hall–Kier alpha value is -3.17. The van der Waals surface area contributed by atoms with Gasteiger partial charge in [0.25, 0.3) is 0 Å². The molecule has 1 aliphatic heterocycles. The Morgan fingerprint density at radius 2 is 1.93 bits per heavy atom. The standard InChI is InChI=1S/C23H19BrN2O3/c1-3-28-20-11-18(24)16(10-19(20)27-2)21-15-9-8-13-6-4-5-7-14(13)22(15)29-23(26)17(21)12-25/h4-11,21H,3,26H2,1-2H3/t21-/m1/s1. The van der Waals surface area contributed by atoms with Crippen molar-refractivity contribution in [1.82, 2.24) is 0 Å². The Morgan fingerprint density at radius 3 is 2.66 bits per heavy atom. The van der Waals surface area contributed by atoms with E-state index in [4.69, 9.17) is 19.9 Å². The van der Waals surface area contributed by atoms with Gasteiger partial charge in [0.05, 0.1) is 19.6 Å². The van der Waals surface area contributed by atoms with Gasteiger partial charge in [0.2, 0.25) is 5.88 Å². The Morgan fingerprint density at radius 1 is 1.14 bits per heavy atom. The van der Waals surface area contributed by atoms with Crippen LogP contribution in [-0.2, 0) is 0 Å². The predicted octanol–water partition coefficient (Wildman–Crippen LogP) is 5.23. The first kappa shape index (κ1) is 19.2. The molecular weight excluding hydrogens is 432 g/mol. The summed E-state index contributed by atoms with van der Waals surface area (Å²) < 4.78 is 17.9. The summed E-state index contributed by atoms with van der Waals surface area (Å²) in [6, 6.07) is 17.9. The molecule has 3 aromatic rings. The highest BCUT2D eigenvalue weighted by Crippen LogP contribution is 2.48. The molecule has 0 spiro atoms. The predicted molar refractivity (Wildman–Crippen MR) is 115 cm³/mol. The average molecular weight is 451 g/mol. The lowest BCUT2D eigenvalue weighted by Crippen LogP contribution is -2.21. The van der Waals surface area contributed by atoms with E-state index in [1.54, 1.807) is 7.11 Å². The molecule has 0 aromatic heterocycles. The van der Waals surface area contributed by atoms with Gasteiger partial charge in [0.15, 0.2) is 11.5 Å². The minimum absolute atomic E-state index is 0.112. The first-order chi connectivity index (χ1) is 14.1. The Balaban J connectivity index is 1.98. The largest absolute Gasteiger partial charge is 0.493 e. The van der Waals surface area contributed by atoms with E-state index >= 15 is 0 Å². The molecule has 4 rings (SSSR count). The van der Waals surface area contributed by atoms with Crippen molar-refractivity contribution < 1.29 is 14.2 Å². The number of hydrogen-bond donors (Lipinski definition) is 1. The van der Waals surface area contributed by atoms with Crippen molar-refractivity contribution in [2.75, 3.05) is 13.7 Å². The van der Waals surface area contributed by atoms with Crippen molar-refractivity contribution in [2.45, 2.75) is 12.8 Å². The van der Waals surface area contributed by atoms with E-state index in [1.807, 2.05) is 55.5 Å². The second-order valence-electron chi connectivity index (χ2n) is 6.59. The summed E-state index contributed by atoms with van der Waals surface area (Å²) in [6.45, 7) is 2.43. The van der Waals surface area contributed by atoms with Gasteiger partial charge in [-0.1, -0.05) is 52.3 Å².